The smallest absolute Gasteiger partial charge is 0.421 e. The van der Waals surface area contributed by atoms with E-state index < -0.39 is 62.1 Å². The van der Waals surface area contributed by atoms with Gasteiger partial charge in [0.2, 0.25) is 0 Å². The molecule has 0 aromatic carbocycles. The van der Waals surface area contributed by atoms with E-state index in [-0.39, 0.29) is 22.0 Å². The average molecular weight is 637 g/mol. The van der Waals surface area contributed by atoms with Crippen LogP contribution in [0.15, 0.2) is 0 Å². The van der Waals surface area contributed by atoms with E-state index >= 15 is 0 Å². The molecule has 0 saturated carbocycles. The molecule has 0 bridgehead atoms. The molecule has 0 aromatic rings. The Balaban J connectivity index is -0.000000231. The summed E-state index contributed by atoms with van der Waals surface area (Å²) in [4.78, 5) is 0. The van der Waals surface area contributed by atoms with E-state index in [1.165, 1.54) is 0 Å². The molecule has 0 aliphatic heterocycles. The van der Waals surface area contributed by atoms with Crippen molar-refractivity contribution in [1.29, 1.82) is 0 Å². The molecule has 28 heteroatoms. The second-order valence-electron chi connectivity index (χ2n) is 3.83. The van der Waals surface area contributed by atoms with E-state index in [1.54, 1.807) is 0 Å². The largest absolute Gasteiger partial charge is 2.00 e. The first kappa shape index (κ1) is 38.6. The topological polar surface area (TPSA) is 196 Å². The third-order valence-corrected chi connectivity index (χ3v) is 7.04. The van der Waals surface area contributed by atoms with Crippen molar-refractivity contribution >= 4 is 40.1 Å². The number of rotatable bonds is 4. The number of hydrogen-bond acceptors (Lipinski definition) is 8. The van der Waals surface area contributed by atoms with Crippen LogP contribution < -0.4 is 0 Å². The van der Waals surface area contributed by atoms with Crippen LogP contribution in [0.2, 0.25) is 0 Å². The fourth-order valence-corrected chi connectivity index (χ4v) is 3.85. The molecule has 0 amide bonds. The summed E-state index contributed by atoms with van der Waals surface area (Å²) in [6, 6.07) is 0. The zero-order chi connectivity index (χ0) is 25.4. The van der Waals surface area contributed by atoms with Crippen LogP contribution in [0.25, 0.3) is 8.25 Å². The van der Waals surface area contributed by atoms with E-state index in [9.17, 15) is 86.4 Å². The first-order valence-electron chi connectivity index (χ1n) is 5.15. The van der Waals surface area contributed by atoms with Crippen molar-refractivity contribution in [3.63, 3.8) is 0 Å². The molecule has 0 radical (unpaired) electrons. The van der Waals surface area contributed by atoms with Gasteiger partial charge in [0.15, 0.2) is 40.1 Å². The van der Waals surface area contributed by atoms with E-state index in [0.29, 0.717) is 0 Å². The Morgan fingerprint density at radius 3 is 0.531 bits per heavy atom. The number of halogens is 12. The third kappa shape index (κ3) is 10.5. The van der Waals surface area contributed by atoms with Crippen LogP contribution in [0.5, 0.6) is 0 Å². The van der Waals surface area contributed by atoms with Crippen molar-refractivity contribution < 1.29 is 108 Å². The van der Waals surface area contributed by atoms with Gasteiger partial charge in [-0.05, 0) is 0 Å². The SMILES string of the molecule is O.O=S(=O)([N-]S(=O)(=O)C(F)(F)F)C(F)(F)F.O=S(=O)([N-]S(=O)(=O)C(F)(F)F)C(F)(F)F.[Ni+2]. The predicted molar refractivity (Wildman–Crippen MR) is 70.2 cm³/mol. The number of sulfonamides is 4. The molecule has 0 spiro atoms. The molecule has 0 unspecified atom stereocenters. The summed E-state index contributed by atoms with van der Waals surface area (Å²) >= 11 is 0. The summed E-state index contributed by atoms with van der Waals surface area (Å²) in [7, 11) is -26.9. The molecule has 0 heterocycles. The normalized spacial score (nSPS) is 14.4. The molecular formula is C4H2F12N2NiO9S4. The summed E-state index contributed by atoms with van der Waals surface area (Å²) in [6.45, 7) is 0. The Bertz CT molecular complexity index is 864. The second-order valence-corrected chi connectivity index (χ2v) is 10.7. The Kier molecular flexibility index (Phi) is 12.9. The van der Waals surface area contributed by atoms with Crippen LogP contribution in [0.3, 0.4) is 0 Å². The number of nitrogens with zero attached hydrogens (tertiary/aromatic N) is 2. The van der Waals surface area contributed by atoms with Crippen molar-refractivity contribution in [3.8, 4) is 0 Å². The summed E-state index contributed by atoms with van der Waals surface area (Å²) in [6.07, 6.45) is 0. The molecule has 0 fully saturated rings. The monoisotopic (exact) mass is 636 g/mol. The van der Waals surface area contributed by atoms with Crippen molar-refractivity contribution in [2.45, 2.75) is 22.0 Å². The Labute approximate surface area is 178 Å². The zero-order valence-electron chi connectivity index (χ0n) is 13.1. The van der Waals surface area contributed by atoms with E-state index in [2.05, 4.69) is 0 Å². The van der Waals surface area contributed by atoms with Gasteiger partial charge in [0.1, 0.15) is 0 Å². The first-order chi connectivity index (χ1) is 12.4. The minimum atomic E-state index is -6.72. The van der Waals surface area contributed by atoms with E-state index in [1.807, 2.05) is 0 Å². The van der Waals surface area contributed by atoms with Crippen molar-refractivity contribution in [1.82, 2.24) is 0 Å². The Hall–Kier alpha value is -0.666. The van der Waals surface area contributed by atoms with Crippen molar-refractivity contribution in [3.05, 3.63) is 8.25 Å². The maximum absolute atomic E-state index is 11.4. The minimum absolute atomic E-state index is 0. The molecule has 32 heavy (non-hydrogen) atoms. The van der Waals surface area contributed by atoms with Gasteiger partial charge in [-0.2, -0.15) is 52.7 Å². The van der Waals surface area contributed by atoms with Gasteiger partial charge in [0.25, 0.3) is 0 Å². The average Bonchev–Trinajstić information content (AvgIpc) is 2.30. The van der Waals surface area contributed by atoms with Gasteiger partial charge in [0, 0.05) is 0 Å². The molecule has 0 atom stereocenters. The van der Waals surface area contributed by atoms with Gasteiger partial charge in [-0.15, -0.1) is 0 Å². The fourth-order valence-electron chi connectivity index (χ4n) is 0.427. The van der Waals surface area contributed by atoms with Crippen LogP contribution in [0, 0.1) is 0 Å². The molecule has 0 aliphatic carbocycles. The molecular weight excluding hydrogens is 635 g/mol. The van der Waals surface area contributed by atoms with Gasteiger partial charge in [-0.1, -0.05) is 0 Å². The van der Waals surface area contributed by atoms with E-state index in [4.69, 9.17) is 0 Å². The van der Waals surface area contributed by atoms with Crippen LogP contribution in [-0.2, 0) is 56.6 Å². The zero-order valence-corrected chi connectivity index (χ0v) is 17.4. The Morgan fingerprint density at radius 2 is 0.469 bits per heavy atom. The second kappa shape index (κ2) is 10.7. The summed E-state index contributed by atoms with van der Waals surface area (Å²) in [5.41, 5.74) is -24.8. The maximum atomic E-state index is 11.4. The van der Waals surface area contributed by atoms with Gasteiger partial charge < -0.3 is 13.7 Å². The van der Waals surface area contributed by atoms with Crippen LogP contribution >= 0.6 is 0 Å². The quantitative estimate of drug-likeness (QED) is 0.325. The maximum Gasteiger partial charge on any atom is 2.00 e. The summed E-state index contributed by atoms with van der Waals surface area (Å²) in [5.74, 6) is 0. The van der Waals surface area contributed by atoms with E-state index in [0.717, 1.165) is 8.25 Å². The molecule has 11 nitrogen and oxygen atoms in total. The van der Waals surface area contributed by atoms with Gasteiger partial charge in [-0.3, -0.25) is 0 Å². The first-order valence-corrected chi connectivity index (χ1v) is 10.9. The Morgan fingerprint density at radius 1 is 0.375 bits per heavy atom. The fraction of sp³-hybridized carbons (Fsp3) is 1.00. The summed E-state index contributed by atoms with van der Waals surface area (Å²) < 4.78 is 218. The van der Waals surface area contributed by atoms with Crippen LogP contribution in [0.4, 0.5) is 52.7 Å². The molecule has 0 saturated heterocycles. The molecule has 0 aromatic heterocycles. The predicted octanol–water partition coefficient (Wildman–Crippen LogP) is 1.29. The van der Waals surface area contributed by atoms with Gasteiger partial charge in [0.05, 0.1) is 0 Å². The summed E-state index contributed by atoms with van der Waals surface area (Å²) in [5, 5.41) is 0. The number of hydrogen-bond donors (Lipinski definition) is 0. The van der Waals surface area contributed by atoms with Crippen LogP contribution in [-0.4, -0.2) is 61.2 Å². The molecule has 200 valence electrons. The van der Waals surface area contributed by atoms with Crippen molar-refractivity contribution in [2.24, 2.45) is 0 Å². The van der Waals surface area contributed by atoms with Gasteiger partial charge in [-0.25, -0.2) is 33.7 Å². The van der Waals surface area contributed by atoms with Crippen molar-refractivity contribution in [2.75, 3.05) is 0 Å². The standard InChI is InChI=1S/2C2F6NO4S2.Ni.H2O/c2*3-1(4,5)14(10,11)9-15(12,13)2(6,7)8;;/h;;;1H2/q2*-1;+2;. The number of alkyl halides is 12. The molecule has 0 aliphatic rings. The molecule has 0 rings (SSSR count). The molecule has 2 N–H and O–H groups in total. The minimum Gasteiger partial charge on any atom is -0.421 e. The van der Waals surface area contributed by atoms with Gasteiger partial charge >= 0.3 is 38.5 Å². The van der Waals surface area contributed by atoms with Crippen LogP contribution in [0.1, 0.15) is 0 Å². The third-order valence-electron chi connectivity index (χ3n) is 1.56.